The number of sulfone groups is 1. The lowest BCUT2D eigenvalue weighted by molar-refractivity contribution is -0.140. The van der Waals surface area contributed by atoms with Crippen LogP contribution < -0.4 is 10.2 Å². The van der Waals surface area contributed by atoms with Crippen molar-refractivity contribution in [1.29, 1.82) is 0 Å². The van der Waals surface area contributed by atoms with E-state index in [1.807, 2.05) is 31.2 Å². The van der Waals surface area contributed by atoms with Crippen molar-refractivity contribution >= 4 is 27.2 Å². The van der Waals surface area contributed by atoms with Crippen LogP contribution in [0.15, 0.2) is 47.4 Å². The molecule has 0 bridgehead atoms. The van der Waals surface area contributed by atoms with Crippen LogP contribution in [0.5, 0.6) is 0 Å². The first-order valence-corrected chi connectivity index (χ1v) is 15.0. The number of para-hydroxylation sites is 1. The number of anilines is 2. The number of carboxylic acid groups (broad SMARTS) is 1. The van der Waals surface area contributed by atoms with Crippen LogP contribution >= 0.6 is 0 Å². The van der Waals surface area contributed by atoms with Crippen LogP contribution in [0.4, 0.5) is 11.4 Å². The van der Waals surface area contributed by atoms with Crippen LogP contribution in [-0.4, -0.2) is 37.3 Å². The molecule has 1 saturated carbocycles. The maximum absolute atomic E-state index is 14.1. The highest BCUT2D eigenvalue weighted by Crippen LogP contribution is 2.46. The van der Waals surface area contributed by atoms with E-state index in [0.717, 1.165) is 61.0 Å². The van der Waals surface area contributed by atoms with Gasteiger partial charge < -0.3 is 10.0 Å². The number of hydrogen-bond donors (Lipinski definition) is 2. The lowest BCUT2D eigenvalue weighted by Gasteiger charge is -2.37. The zero-order valence-electron chi connectivity index (χ0n) is 21.8. The molecule has 1 aliphatic heterocycles. The van der Waals surface area contributed by atoms with Gasteiger partial charge in [-0.05, 0) is 68.0 Å². The number of aliphatic carboxylic acids is 1. The van der Waals surface area contributed by atoms with E-state index in [2.05, 4.69) is 36.2 Å². The van der Waals surface area contributed by atoms with E-state index in [1.165, 1.54) is 0 Å². The highest BCUT2D eigenvalue weighted by atomic mass is 32.2. The van der Waals surface area contributed by atoms with Crippen molar-refractivity contribution < 1.29 is 18.3 Å². The predicted octanol–water partition coefficient (Wildman–Crippen LogP) is 5.99. The predicted molar refractivity (Wildman–Crippen MR) is 145 cm³/mol. The van der Waals surface area contributed by atoms with Crippen molar-refractivity contribution in [3.05, 3.63) is 53.6 Å². The fourth-order valence-corrected chi connectivity index (χ4v) is 7.69. The smallest absolute Gasteiger partial charge is 0.323 e. The Morgan fingerprint density at radius 3 is 2.25 bits per heavy atom. The third kappa shape index (κ3) is 5.47. The first-order valence-electron chi connectivity index (χ1n) is 13.3. The van der Waals surface area contributed by atoms with E-state index in [4.69, 9.17) is 0 Å². The normalized spacial score (nSPS) is 19.4. The van der Waals surface area contributed by atoms with E-state index >= 15 is 0 Å². The minimum atomic E-state index is -3.57. The topological polar surface area (TPSA) is 86.7 Å². The third-order valence-electron chi connectivity index (χ3n) is 8.00. The quantitative estimate of drug-likeness (QED) is 0.384. The second-order valence-corrected chi connectivity index (χ2v) is 12.8. The first-order chi connectivity index (χ1) is 17.2. The van der Waals surface area contributed by atoms with Crippen LogP contribution in [-0.2, 0) is 21.2 Å². The maximum atomic E-state index is 14.1. The molecule has 36 heavy (non-hydrogen) atoms. The van der Waals surface area contributed by atoms with Gasteiger partial charge in [0, 0.05) is 24.2 Å². The van der Waals surface area contributed by atoms with Crippen molar-refractivity contribution in [3.8, 4) is 0 Å². The van der Waals surface area contributed by atoms with Gasteiger partial charge in [-0.1, -0.05) is 57.7 Å². The van der Waals surface area contributed by atoms with Crippen molar-refractivity contribution in [2.45, 2.75) is 89.1 Å². The molecule has 0 saturated heterocycles. The van der Waals surface area contributed by atoms with Gasteiger partial charge in [0.25, 0.3) is 0 Å². The monoisotopic (exact) mass is 512 g/mol. The Morgan fingerprint density at radius 1 is 1.06 bits per heavy atom. The molecule has 2 aromatic carbocycles. The molecule has 1 heterocycles. The van der Waals surface area contributed by atoms with Crippen LogP contribution in [0.3, 0.4) is 0 Å². The van der Waals surface area contributed by atoms with Crippen molar-refractivity contribution in [1.82, 2.24) is 5.32 Å². The largest absolute Gasteiger partial charge is 0.480 e. The molecule has 4 rings (SSSR count). The summed E-state index contributed by atoms with van der Waals surface area (Å²) in [5.41, 5.74) is 2.34. The van der Waals surface area contributed by atoms with Gasteiger partial charge in [-0.25, -0.2) is 8.42 Å². The average molecular weight is 513 g/mol. The van der Waals surface area contributed by atoms with Crippen LogP contribution in [0.1, 0.15) is 76.3 Å². The van der Waals surface area contributed by atoms with Crippen LogP contribution in [0.2, 0.25) is 0 Å². The summed E-state index contributed by atoms with van der Waals surface area (Å²) in [5.74, 6) is -0.694. The van der Waals surface area contributed by atoms with E-state index < -0.39 is 21.3 Å². The van der Waals surface area contributed by atoms with E-state index in [0.29, 0.717) is 30.8 Å². The summed E-state index contributed by atoms with van der Waals surface area (Å²) >= 11 is 0. The Hall–Kier alpha value is -2.38. The molecule has 1 fully saturated rings. The number of benzene rings is 2. The molecule has 0 spiro atoms. The minimum absolute atomic E-state index is 0.144. The van der Waals surface area contributed by atoms with Gasteiger partial charge in [0.15, 0.2) is 9.84 Å². The minimum Gasteiger partial charge on any atom is -0.480 e. The SMILES string of the molecule is CCCCC1(CCCC)CN(c2ccccc2)c2cc(C)c(CNC3(C(=O)O)CC3)cc2S(=O)(=O)C1. The highest BCUT2D eigenvalue weighted by molar-refractivity contribution is 7.91. The Kier molecular flexibility index (Phi) is 7.81. The summed E-state index contributed by atoms with van der Waals surface area (Å²) in [6.07, 6.45) is 7.04. The van der Waals surface area contributed by atoms with Crippen LogP contribution in [0.25, 0.3) is 0 Å². The maximum Gasteiger partial charge on any atom is 0.323 e. The Balaban J connectivity index is 1.81. The fraction of sp³-hybridized carbons (Fsp3) is 0.552. The molecule has 2 aliphatic rings. The van der Waals surface area contributed by atoms with Crippen molar-refractivity contribution in [3.63, 3.8) is 0 Å². The molecule has 0 unspecified atom stereocenters. The molecule has 2 aromatic rings. The molecular weight excluding hydrogens is 472 g/mol. The number of aryl methyl sites for hydroxylation is 1. The molecular formula is C29H40N2O4S. The summed E-state index contributed by atoms with van der Waals surface area (Å²) in [4.78, 5) is 14.2. The molecule has 2 N–H and O–H groups in total. The summed E-state index contributed by atoms with van der Waals surface area (Å²) in [7, 11) is -3.57. The van der Waals surface area contributed by atoms with Crippen molar-refractivity contribution in [2.75, 3.05) is 17.2 Å². The number of nitrogens with zero attached hydrogens (tertiary/aromatic N) is 1. The lowest BCUT2D eigenvalue weighted by Crippen LogP contribution is -2.38. The summed E-state index contributed by atoms with van der Waals surface area (Å²) in [5, 5.41) is 12.7. The van der Waals surface area contributed by atoms with E-state index in [-0.39, 0.29) is 11.2 Å². The number of fused-ring (bicyclic) bond motifs is 1. The average Bonchev–Trinajstić information content (AvgIpc) is 3.66. The molecule has 1 aliphatic carbocycles. The molecule has 0 atom stereocenters. The molecule has 0 amide bonds. The lowest BCUT2D eigenvalue weighted by atomic mass is 9.79. The van der Waals surface area contributed by atoms with Gasteiger partial charge >= 0.3 is 5.97 Å². The number of carboxylic acids is 1. The summed E-state index contributed by atoms with van der Waals surface area (Å²) in [6, 6.07) is 13.9. The third-order valence-corrected chi connectivity index (χ3v) is 9.99. The zero-order valence-corrected chi connectivity index (χ0v) is 22.7. The zero-order chi connectivity index (χ0) is 26.0. The fourth-order valence-electron chi connectivity index (χ4n) is 5.54. The summed E-state index contributed by atoms with van der Waals surface area (Å²) in [6.45, 7) is 7.31. The second-order valence-electron chi connectivity index (χ2n) is 10.9. The standard InChI is InChI=1S/C29H40N2O4S/c1-4-6-13-28(14-7-5-2)20-31(24-11-9-8-10-12-24)25-17-22(3)23(18-26(25)36(34,35)21-28)19-30-29(15-16-29)27(32)33/h8-12,17-18,30H,4-7,13-16,19-21H2,1-3H3,(H,32,33). The number of nitrogens with one attached hydrogen (secondary N) is 1. The second kappa shape index (κ2) is 10.5. The molecule has 6 nitrogen and oxygen atoms in total. The molecule has 7 heteroatoms. The number of carbonyl (C=O) groups is 1. The number of unbranched alkanes of at least 4 members (excludes halogenated alkanes) is 2. The number of hydrogen-bond acceptors (Lipinski definition) is 5. The Bertz CT molecular complexity index is 1180. The van der Waals surface area contributed by atoms with Gasteiger partial charge in [-0.15, -0.1) is 0 Å². The van der Waals surface area contributed by atoms with Crippen LogP contribution in [0, 0.1) is 12.3 Å². The van der Waals surface area contributed by atoms with Gasteiger partial charge in [-0.2, -0.15) is 0 Å². The summed E-state index contributed by atoms with van der Waals surface area (Å²) < 4.78 is 28.1. The number of rotatable bonds is 11. The van der Waals surface area contributed by atoms with Gasteiger partial charge in [0.2, 0.25) is 0 Å². The van der Waals surface area contributed by atoms with E-state index in [9.17, 15) is 18.3 Å². The Morgan fingerprint density at radius 2 is 1.69 bits per heavy atom. The molecule has 196 valence electrons. The molecule has 0 radical (unpaired) electrons. The van der Waals surface area contributed by atoms with E-state index in [1.54, 1.807) is 6.07 Å². The Labute approximate surface area is 216 Å². The first kappa shape index (κ1) is 26.7. The highest BCUT2D eigenvalue weighted by Gasteiger charge is 2.50. The molecule has 0 aromatic heterocycles. The van der Waals surface area contributed by atoms with Crippen molar-refractivity contribution in [2.24, 2.45) is 5.41 Å². The van der Waals surface area contributed by atoms with Gasteiger partial charge in [0.1, 0.15) is 5.54 Å². The van der Waals surface area contributed by atoms with Gasteiger partial charge in [-0.3, -0.25) is 10.1 Å². The van der Waals surface area contributed by atoms with Gasteiger partial charge in [0.05, 0.1) is 16.3 Å².